The molecule has 0 aliphatic heterocycles. The van der Waals surface area contributed by atoms with Crippen molar-refractivity contribution < 1.29 is 39.7 Å². The molecule has 0 unspecified atom stereocenters. The van der Waals surface area contributed by atoms with Gasteiger partial charge < -0.3 is 19.4 Å². The van der Waals surface area contributed by atoms with Crippen LogP contribution in [0, 0.1) is 64.1 Å². The Morgan fingerprint density at radius 1 is 0.500 bits per heavy atom. The molecule has 0 spiro atoms. The van der Waals surface area contributed by atoms with E-state index < -0.39 is 66.4 Å². The Labute approximate surface area is 127 Å². The normalized spacial score (nSPS) is 55.0. The lowest BCUT2D eigenvalue weighted by molar-refractivity contribution is -0.974. The zero-order valence-electron chi connectivity index (χ0n) is 11.0. The fourth-order valence-corrected chi connectivity index (χ4v) is 6.80. The van der Waals surface area contributed by atoms with Crippen LogP contribution in [-0.4, -0.2) is 42.8 Å². The van der Waals surface area contributed by atoms with E-state index in [0.717, 1.165) is 0 Å². The molecule has 0 aromatic heterocycles. The van der Waals surface area contributed by atoms with E-state index in [1.54, 1.807) is 0 Å². The van der Waals surface area contributed by atoms with Crippen molar-refractivity contribution in [2.24, 2.45) is 23.7 Å². The van der Waals surface area contributed by atoms with Crippen molar-refractivity contribution in [1.29, 1.82) is 0 Å². The molecule has 0 radical (unpaired) electrons. The van der Waals surface area contributed by atoms with Gasteiger partial charge in [-0.2, -0.15) is 0 Å². The first-order chi connectivity index (χ1) is 11.1. The molecule has 0 N–H and O–H groups in total. The number of nitrogens with zero attached hydrogens (tertiary/aromatic N) is 4. The summed E-state index contributed by atoms with van der Waals surface area (Å²) in [5.41, 5.74) is -6.61. The predicted molar refractivity (Wildman–Crippen MR) is 57.2 cm³/mol. The van der Waals surface area contributed by atoms with Crippen LogP contribution < -0.4 is 0 Å². The van der Waals surface area contributed by atoms with Gasteiger partial charge in [0, 0.05) is 23.7 Å². The summed E-state index contributed by atoms with van der Waals surface area (Å²) in [7, 11) is 0. The molecule has 0 aromatic rings. The summed E-state index contributed by atoms with van der Waals surface area (Å²) in [5.74, 6) is -4.57. The average molecular weight is 348 g/mol. The minimum absolute atomic E-state index is 1.14. The Kier molecular flexibility index (Phi) is 1.62. The monoisotopic (exact) mass is 348 g/mol. The van der Waals surface area contributed by atoms with Crippen molar-refractivity contribution in [3.63, 3.8) is 0 Å². The Bertz CT molecular complexity index is 602. The molecule has 0 atom stereocenters. The van der Waals surface area contributed by atoms with Crippen molar-refractivity contribution in [2.45, 2.75) is 22.4 Å². The van der Waals surface area contributed by atoms with Gasteiger partial charge in [-0.25, -0.2) is 0 Å². The SMILES string of the molecule is O=[N+]([O-])OC12C3C4(O[N+](=O)[O-])C1C1(O[N+](=O)[O-])C2C3(O[N+](=O)[O-])C41. The fraction of sp³-hybridized carbons (Fsp3) is 1.00. The third-order valence-corrected chi connectivity index (χ3v) is 6.34. The quantitative estimate of drug-likeness (QED) is 0.355. The molecule has 0 amide bonds. The van der Waals surface area contributed by atoms with Crippen molar-refractivity contribution in [3.05, 3.63) is 40.5 Å². The van der Waals surface area contributed by atoms with Crippen molar-refractivity contribution >= 4 is 0 Å². The Morgan fingerprint density at radius 2 is 0.667 bits per heavy atom. The van der Waals surface area contributed by atoms with E-state index >= 15 is 0 Å². The molecule has 6 fully saturated rings. The van der Waals surface area contributed by atoms with E-state index in [9.17, 15) is 40.5 Å². The maximum absolute atomic E-state index is 10.7. The summed E-state index contributed by atoms with van der Waals surface area (Å²) in [6.07, 6.45) is 0. The van der Waals surface area contributed by atoms with E-state index in [1.165, 1.54) is 0 Å². The van der Waals surface area contributed by atoms with Gasteiger partial charge in [0.25, 0.3) is 20.3 Å². The van der Waals surface area contributed by atoms with Crippen LogP contribution in [0.4, 0.5) is 0 Å². The summed E-state index contributed by atoms with van der Waals surface area (Å²) in [5, 5.41) is 38.3. The summed E-state index contributed by atoms with van der Waals surface area (Å²) in [6, 6.07) is 0. The minimum atomic E-state index is -1.65. The molecular formula is C8H4N4O12. The smallest absolute Gasteiger partial charge is 0.295 e. The van der Waals surface area contributed by atoms with E-state index in [4.69, 9.17) is 0 Å². The van der Waals surface area contributed by atoms with Gasteiger partial charge in [-0.1, -0.05) is 0 Å². The van der Waals surface area contributed by atoms with Crippen LogP contribution in [0.3, 0.4) is 0 Å². The molecule has 16 nitrogen and oxygen atoms in total. The molecule has 24 heavy (non-hydrogen) atoms. The van der Waals surface area contributed by atoms with Crippen LogP contribution in [-0.2, 0) is 19.4 Å². The second-order valence-electron chi connectivity index (χ2n) is 6.41. The zero-order chi connectivity index (χ0) is 17.4. The fourth-order valence-electron chi connectivity index (χ4n) is 6.80. The van der Waals surface area contributed by atoms with Crippen molar-refractivity contribution in [3.8, 4) is 0 Å². The molecule has 0 bridgehead atoms. The van der Waals surface area contributed by atoms with E-state index in [1.807, 2.05) is 0 Å². The summed E-state index contributed by atoms with van der Waals surface area (Å²) in [4.78, 5) is 61.2. The van der Waals surface area contributed by atoms with Crippen LogP contribution in [0.15, 0.2) is 0 Å². The van der Waals surface area contributed by atoms with E-state index in [2.05, 4.69) is 19.4 Å². The van der Waals surface area contributed by atoms with Gasteiger partial charge in [0.1, 0.15) is 22.4 Å². The van der Waals surface area contributed by atoms with Crippen LogP contribution >= 0.6 is 0 Å². The zero-order valence-corrected chi connectivity index (χ0v) is 11.0. The van der Waals surface area contributed by atoms with Crippen LogP contribution in [0.2, 0.25) is 0 Å². The highest BCUT2D eigenvalue weighted by Gasteiger charge is 3.27. The number of hydrogen-bond donors (Lipinski definition) is 0. The van der Waals surface area contributed by atoms with Crippen LogP contribution in [0.1, 0.15) is 0 Å². The van der Waals surface area contributed by atoms with Gasteiger partial charge in [-0.3, -0.25) is 0 Å². The lowest BCUT2D eigenvalue weighted by Crippen LogP contribution is -3.29. The van der Waals surface area contributed by atoms with Crippen LogP contribution in [0.5, 0.6) is 0 Å². The summed E-state index contributed by atoms with van der Waals surface area (Å²) >= 11 is 0. The highest BCUT2D eigenvalue weighted by molar-refractivity contribution is 5.71. The molecule has 0 saturated heterocycles. The number of rotatable bonds is 8. The highest BCUT2D eigenvalue weighted by atomic mass is 17.0. The molecule has 6 saturated carbocycles. The van der Waals surface area contributed by atoms with E-state index in [-0.39, 0.29) is 0 Å². The number of hydrogen-bond acceptors (Lipinski definition) is 12. The molecule has 0 heterocycles. The van der Waals surface area contributed by atoms with Crippen LogP contribution in [0.25, 0.3) is 0 Å². The standard InChI is InChI=1S/C8H4N4O12/c13-9(14)21-5-1-6(22-10(15)16)2(5)8(24-12(19)20)3(5)7(1,4(6)8)23-11(17)18/h1-4H. The molecular weight excluding hydrogens is 344 g/mol. The van der Waals surface area contributed by atoms with Gasteiger partial charge in [0.15, 0.2) is 0 Å². The second-order valence-corrected chi connectivity index (χ2v) is 6.41. The second kappa shape index (κ2) is 2.94. The van der Waals surface area contributed by atoms with Crippen molar-refractivity contribution in [1.82, 2.24) is 0 Å². The molecule has 16 heteroatoms. The third-order valence-electron chi connectivity index (χ3n) is 6.34. The topological polar surface area (TPSA) is 209 Å². The lowest BCUT2D eigenvalue weighted by atomic mass is 8.94. The van der Waals surface area contributed by atoms with Gasteiger partial charge in [-0.15, -0.1) is 40.5 Å². The minimum Gasteiger partial charge on any atom is -0.306 e. The summed E-state index contributed by atoms with van der Waals surface area (Å²) < 4.78 is 0. The molecule has 128 valence electrons. The Balaban J connectivity index is 1.57. The summed E-state index contributed by atoms with van der Waals surface area (Å²) in [6.45, 7) is 0. The molecule has 0 aromatic carbocycles. The maximum atomic E-state index is 10.7. The van der Waals surface area contributed by atoms with Crippen molar-refractivity contribution in [2.75, 3.05) is 0 Å². The first-order valence-electron chi connectivity index (χ1n) is 6.47. The molecule has 6 rings (SSSR count). The average Bonchev–Trinajstić information content (AvgIpc) is 2.32. The van der Waals surface area contributed by atoms with E-state index in [0.29, 0.717) is 0 Å². The molecule has 6 aliphatic rings. The third kappa shape index (κ3) is 0.755. The van der Waals surface area contributed by atoms with Gasteiger partial charge in [0.05, 0.1) is 0 Å². The maximum Gasteiger partial charge on any atom is 0.295 e. The first kappa shape index (κ1) is 13.3. The first-order valence-corrected chi connectivity index (χ1v) is 6.47. The van der Waals surface area contributed by atoms with Gasteiger partial charge >= 0.3 is 0 Å². The molecule has 6 aliphatic carbocycles. The Hall–Kier alpha value is -3.20. The van der Waals surface area contributed by atoms with Gasteiger partial charge in [0.2, 0.25) is 0 Å². The predicted octanol–water partition coefficient (Wildman–Crippen LogP) is -1.69. The lowest BCUT2D eigenvalue weighted by Gasteiger charge is -3.11. The van der Waals surface area contributed by atoms with Gasteiger partial charge in [-0.05, 0) is 0 Å². The largest absolute Gasteiger partial charge is 0.306 e. The Morgan fingerprint density at radius 3 is 0.792 bits per heavy atom. The highest BCUT2D eigenvalue weighted by Crippen LogP contribution is 3.08.